The van der Waals surface area contributed by atoms with Crippen LogP contribution in [0.25, 0.3) is 0 Å². The molecule has 19 heavy (non-hydrogen) atoms. The van der Waals surface area contributed by atoms with Crippen molar-refractivity contribution in [2.75, 3.05) is 11.4 Å². The molecule has 1 heterocycles. The summed E-state index contributed by atoms with van der Waals surface area (Å²) in [7, 11) is 0. The Morgan fingerprint density at radius 3 is 2.58 bits per heavy atom. The Labute approximate surface area is 127 Å². The molecule has 0 N–H and O–H groups in total. The minimum Gasteiger partial charge on any atom is -0.305 e. The highest BCUT2D eigenvalue weighted by molar-refractivity contribution is 14.1. The average Bonchev–Trinajstić information content (AvgIpc) is 2.63. The van der Waals surface area contributed by atoms with Crippen molar-refractivity contribution in [1.29, 1.82) is 0 Å². The zero-order valence-corrected chi connectivity index (χ0v) is 13.3. The van der Waals surface area contributed by atoms with Gasteiger partial charge in [0.25, 0.3) is 11.7 Å². The summed E-state index contributed by atoms with van der Waals surface area (Å²) in [5.41, 5.74) is 1.34. The van der Waals surface area contributed by atoms with E-state index in [0.717, 1.165) is 22.1 Å². The predicted molar refractivity (Wildman–Crippen MR) is 84.6 cm³/mol. The number of halogens is 1. The Kier molecular flexibility index (Phi) is 4.96. The van der Waals surface area contributed by atoms with E-state index in [1.165, 1.54) is 19.3 Å². The lowest BCUT2D eigenvalue weighted by molar-refractivity contribution is -0.114. The monoisotopic (exact) mass is 371 g/mol. The van der Waals surface area contributed by atoms with Crippen LogP contribution in [-0.4, -0.2) is 18.2 Å². The van der Waals surface area contributed by atoms with Crippen molar-refractivity contribution in [3.63, 3.8) is 0 Å². The van der Waals surface area contributed by atoms with E-state index in [-0.39, 0.29) is 11.7 Å². The van der Waals surface area contributed by atoms with Crippen molar-refractivity contribution in [3.8, 4) is 0 Å². The highest BCUT2D eigenvalue weighted by Crippen LogP contribution is 2.30. The van der Waals surface area contributed by atoms with Crippen LogP contribution in [0.5, 0.6) is 0 Å². The molecule has 0 aromatic heterocycles. The lowest BCUT2D eigenvalue weighted by Crippen LogP contribution is -2.30. The van der Waals surface area contributed by atoms with E-state index in [9.17, 15) is 9.59 Å². The lowest BCUT2D eigenvalue weighted by atomic mass is 10.1. The molecule has 0 bridgehead atoms. The number of fused-ring (bicyclic) bond motifs is 1. The number of rotatable bonds is 6. The summed E-state index contributed by atoms with van der Waals surface area (Å²) in [5.74, 6) is -0.727. The van der Waals surface area contributed by atoms with E-state index in [1.807, 2.05) is 12.1 Å². The number of anilines is 1. The first-order chi connectivity index (χ1) is 9.15. The molecule has 0 fully saturated rings. The van der Waals surface area contributed by atoms with Crippen molar-refractivity contribution in [3.05, 3.63) is 27.3 Å². The fraction of sp³-hybridized carbons (Fsp3) is 0.467. The molecule has 0 spiro atoms. The molecule has 0 saturated heterocycles. The summed E-state index contributed by atoms with van der Waals surface area (Å²) in [6, 6.07) is 5.62. The second-order valence-corrected chi connectivity index (χ2v) is 6.11. The van der Waals surface area contributed by atoms with Crippen LogP contribution >= 0.6 is 22.6 Å². The van der Waals surface area contributed by atoms with Crippen LogP contribution in [0, 0.1) is 3.57 Å². The number of hydrogen-bond acceptors (Lipinski definition) is 2. The van der Waals surface area contributed by atoms with Crippen LogP contribution in [0.4, 0.5) is 5.69 Å². The van der Waals surface area contributed by atoms with Gasteiger partial charge in [-0.3, -0.25) is 9.59 Å². The molecular weight excluding hydrogens is 353 g/mol. The summed E-state index contributed by atoms with van der Waals surface area (Å²) in [4.78, 5) is 25.5. The third-order valence-corrected chi connectivity index (χ3v) is 4.09. The van der Waals surface area contributed by atoms with Gasteiger partial charge in [-0.25, -0.2) is 0 Å². The van der Waals surface area contributed by atoms with Crippen LogP contribution in [-0.2, 0) is 4.79 Å². The molecule has 4 heteroatoms. The van der Waals surface area contributed by atoms with Crippen molar-refractivity contribution in [2.24, 2.45) is 0 Å². The van der Waals surface area contributed by atoms with Gasteiger partial charge < -0.3 is 4.90 Å². The molecule has 1 aliphatic heterocycles. The second kappa shape index (κ2) is 6.50. The largest absolute Gasteiger partial charge is 0.305 e. The number of carbonyl (C=O) groups is 2. The third kappa shape index (κ3) is 3.16. The van der Waals surface area contributed by atoms with Crippen LogP contribution in [0.2, 0.25) is 0 Å². The molecule has 1 aliphatic rings. The van der Waals surface area contributed by atoms with Gasteiger partial charge in [0.15, 0.2) is 0 Å². The number of nitrogens with zero attached hydrogens (tertiary/aromatic N) is 1. The van der Waals surface area contributed by atoms with Crippen molar-refractivity contribution < 1.29 is 9.59 Å². The minimum atomic E-state index is -0.368. The molecule has 0 aliphatic carbocycles. The maximum atomic E-state index is 12.0. The Morgan fingerprint density at radius 2 is 1.84 bits per heavy atom. The zero-order chi connectivity index (χ0) is 13.8. The molecule has 3 nitrogen and oxygen atoms in total. The number of amides is 1. The molecule has 1 amide bonds. The SMILES string of the molecule is CCCCCCCN1C(=O)C(=O)c2cc(I)ccc21. The van der Waals surface area contributed by atoms with Gasteiger partial charge in [0, 0.05) is 10.1 Å². The summed E-state index contributed by atoms with van der Waals surface area (Å²) >= 11 is 2.16. The van der Waals surface area contributed by atoms with Gasteiger partial charge in [-0.1, -0.05) is 32.6 Å². The first-order valence-corrected chi connectivity index (χ1v) is 7.88. The average molecular weight is 371 g/mol. The lowest BCUT2D eigenvalue weighted by Gasteiger charge is -2.16. The molecule has 1 aromatic carbocycles. The van der Waals surface area contributed by atoms with Gasteiger partial charge in [0.2, 0.25) is 0 Å². The van der Waals surface area contributed by atoms with Crippen LogP contribution in [0.15, 0.2) is 18.2 Å². The van der Waals surface area contributed by atoms with E-state index in [0.29, 0.717) is 12.1 Å². The van der Waals surface area contributed by atoms with Crippen LogP contribution in [0.1, 0.15) is 49.4 Å². The van der Waals surface area contributed by atoms with Gasteiger partial charge in [-0.15, -0.1) is 0 Å². The standard InChI is InChI=1S/C15H18INO2/c1-2-3-4-5-6-9-17-13-8-7-11(16)10-12(13)14(18)15(17)19/h7-8,10H,2-6,9H2,1H3. The van der Waals surface area contributed by atoms with E-state index in [4.69, 9.17) is 0 Å². The van der Waals surface area contributed by atoms with E-state index in [1.54, 1.807) is 11.0 Å². The van der Waals surface area contributed by atoms with E-state index >= 15 is 0 Å². The summed E-state index contributed by atoms with van der Waals surface area (Å²) in [6.07, 6.45) is 5.73. The molecule has 0 saturated carbocycles. The first kappa shape index (κ1) is 14.5. The molecule has 0 atom stereocenters. The molecule has 1 aromatic rings. The maximum absolute atomic E-state index is 12.0. The van der Waals surface area contributed by atoms with Gasteiger partial charge in [-0.05, 0) is 47.2 Å². The predicted octanol–water partition coefficient (Wildman–Crippen LogP) is 3.79. The normalized spacial score (nSPS) is 14.1. The van der Waals surface area contributed by atoms with Crippen molar-refractivity contribution in [2.45, 2.75) is 39.0 Å². The number of ketones is 1. The van der Waals surface area contributed by atoms with E-state index < -0.39 is 0 Å². The molecule has 0 unspecified atom stereocenters. The quantitative estimate of drug-likeness (QED) is 0.434. The highest BCUT2D eigenvalue weighted by atomic mass is 127. The molecule has 2 rings (SSSR count). The fourth-order valence-corrected chi connectivity index (χ4v) is 2.86. The summed E-state index contributed by atoms with van der Waals surface area (Å²) in [6.45, 7) is 2.84. The topological polar surface area (TPSA) is 37.4 Å². The molecular formula is C15H18INO2. The number of Topliss-reactive ketones (excluding diaryl/α,β-unsaturated/α-hetero) is 1. The molecule has 0 radical (unpaired) electrons. The number of hydrogen-bond donors (Lipinski definition) is 0. The summed E-state index contributed by atoms with van der Waals surface area (Å²) < 4.78 is 0.988. The third-order valence-electron chi connectivity index (χ3n) is 3.42. The van der Waals surface area contributed by atoms with Crippen LogP contribution in [0.3, 0.4) is 0 Å². The van der Waals surface area contributed by atoms with Gasteiger partial charge >= 0.3 is 0 Å². The Bertz CT molecular complexity index is 499. The van der Waals surface area contributed by atoms with Gasteiger partial charge in [0.05, 0.1) is 11.3 Å². The van der Waals surface area contributed by atoms with E-state index in [2.05, 4.69) is 29.5 Å². The van der Waals surface area contributed by atoms with Gasteiger partial charge in [0.1, 0.15) is 0 Å². The second-order valence-electron chi connectivity index (χ2n) is 4.86. The Morgan fingerprint density at radius 1 is 1.11 bits per heavy atom. The van der Waals surface area contributed by atoms with Crippen molar-refractivity contribution >= 4 is 40.0 Å². The Hall–Kier alpha value is -0.910. The maximum Gasteiger partial charge on any atom is 0.299 e. The number of carbonyl (C=O) groups excluding carboxylic acids is 2. The first-order valence-electron chi connectivity index (χ1n) is 6.81. The number of benzene rings is 1. The zero-order valence-electron chi connectivity index (χ0n) is 11.1. The fourth-order valence-electron chi connectivity index (χ4n) is 2.37. The highest BCUT2D eigenvalue weighted by Gasteiger charge is 2.35. The van der Waals surface area contributed by atoms with Crippen LogP contribution < -0.4 is 4.90 Å². The molecule has 102 valence electrons. The number of unbranched alkanes of at least 4 members (excludes halogenated alkanes) is 4. The van der Waals surface area contributed by atoms with Crippen molar-refractivity contribution in [1.82, 2.24) is 0 Å². The minimum absolute atomic E-state index is 0.359. The Balaban J connectivity index is 2.02. The smallest absolute Gasteiger partial charge is 0.299 e. The summed E-state index contributed by atoms with van der Waals surface area (Å²) in [5, 5.41) is 0. The van der Waals surface area contributed by atoms with Gasteiger partial charge in [-0.2, -0.15) is 0 Å².